The molecule has 0 aliphatic heterocycles. The second-order valence-electron chi connectivity index (χ2n) is 3.54. The summed E-state index contributed by atoms with van der Waals surface area (Å²) in [6.45, 7) is -0.854. The van der Waals surface area contributed by atoms with Crippen LogP contribution >= 0.6 is 0 Å². The van der Waals surface area contributed by atoms with Crippen LogP contribution in [0.1, 0.15) is 17.2 Å². The Hall–Kier alpha value is -1.31. The molecule has 0 saturated heterocycles. The molecule has 2 unspecified atom stereocenters. The van der Waals surface area contributed by atoms with Crippen LogP contribution in [0.5, 0.6) is 0 Å². The van der Waals surface area contributed by atoms with Gasteiger partial charge < -0.3 is 21.1 Å². The number of halogens is 3. The van der Waals surface area contributed by atoms with Crippen molar-refractivity contribution in [2.75, 3.05) is 12.3 Å². The summed E-state index contributed by atoms with van der Waals surface area (Å²) in [6, 6.07) is 2.69. The minimum absolute atomic E-state index is 0.0252. The molecule has 1 aromatic carbocycles. The maximum absolute atomic E-state index is 12.6. The Kier molecular flexibility index (Phi) is 3.97. The van der Waals surface area contributed by atoms with E-state index in [-0.39, 0.29) is 5.69 Å². The molecule has 0 bridgehead atoms. The molecule has 0 aliphatic rings. The molecule has 0 spiro atoms. The van der Waals surface area contributed by atoms with Gasteiger partial charge in [-0.25, -0.2) is 0 Å². The van der Waals surface area contributed by atoms with Gasteiger partial charge in [-0.1, -0.05) is 0 Å². The number of hydrogen-bond acceptors (Lipinski definition) is 4. The van der Waals surface area contributed by atoms with Crippen molar-refractivity contribution in [2.45, 2.75) is 18.4 Å². The van der Waals surface area contributed by atoms with Crippen LogP contribution in [0.3, 0.4) is 0 Å². The Morgan fingerprint density at radius 2 is 1.82 bits per heavy atom. The third kappa shape index (κ3) is 3.09. The number of alkyl halides is 3. The first-order valence-corrected chi connectivity index (χ1v) is 4.71. The van der Waals surface area contributed by atoms with Gasteiger partial charge in [0.05, 0.1) is 12.2 Å². The van der Waals surface area contributed by atoms with E-state index in [0.717, 1.165) is 18.2 Å². The van der Waals surface area contributed by atoms with Crippen molar-refractivity contribution in [1.29, 1.82) is 0 Å². The predicted molar refractivity (Wildman–Crippen MR) is 53.9 cm³/mol. The standard InChI is InChI=1S/C10H12F3NO3/c11-10(12,13)7-2-1-5(14)3-6(7)9(17)8(16)4-15/h1-3,8-9,15-17H,4,14H2. The van der Waals surface area contributed by atoms with Crippen LogP contribution < -0.4 is 5.73 Å². The minimum atomic E-state index is -4.67. The third-order valence-corrected chi connectivity index (χ3v) is 2.25. The average Bonchev–Trinajstić information content (AvgIpc) is 2.25. The molecule has 4 nitrogen and oxygen atoms in total. The van der Waals surface area contributed by atoms with Gasteiger partial charge in [0.2, 0.25) is 0 Å². The number of nitrogen functional groups attached to an aromatic ring is 1. The zero-order valence-corrected chi connectivity index (χ0v) is 8.65. The zero-order chi connectivity index (χ0) is 13.2. The van der Waals surface area contributed by atoms with Crippen molar-refractivity contribution < 1.29 is 28.5 Å². The normalized spacial score (nSPS) is 15.6. The van der Waals surface area contributed by atoms with Gasteiger partial charge in [0, 0.05) is 5.69 Å². The van der Waals surface area contributed by atoms with Gasteiger partial charge in [-0.3, -0.25) is 0 Å². The molecule has 1 aromatic rings. The van der Waals surface area contributed by atoms with Gasteiger partial charge in [-0.15, -0.1) is 0 Å². The Balaban J connectivity index is 3.25. The van der Waals surface area contributed by atoms with Gasteiger partial charge in [0.1, 0.15) is 12.2 Å². The molecular formula is C10H12F3NO3. The lowest BCUT2D eigenvalue weighted by Gasteiger charge is -2.21. The summed E-state index contributed by atoms with van der Waals surface area (Å²) < 4.78 is 37.8. The Morgan fingerprint density at radius 1 is 1.24 bits per heavy atom. The quantitative estimate of drug-likeness (QED) is 0.595. The van der Waals surface area contributed by atoms with E-state index in [9.17, 15) is 18.3 Å². The van der Waals surface area contributed by atoms with Crippen LogP contribution in [0.15, 0.2) is 18.2 Å². The maximum atomic E-state index is 12.6. The number of hydrogen-bond donors (Lipinski definition) is 4. The van der Waals surface area contributed by atoms with Crippen molar-refractivity contribution in [2.24, 2.45) is 0 Å². The lowest BCUT2D eigenvalue weighted by atomic mass is 9.98. The lowest BCUT2D eigenvalue weighted by molar-refractivity contribution is -0.140. The topological polar surface area (TPSA) is 86.7 Å². The first kappa shape index (κ1) is 13.8. The smallest absolute Gasteiger partial charge is 0.399 e. The molecule has 2 atom stereocenters. The van der Waals surface area contributed by atoms with E-state index in [1.54, 1.807) is 0 Å². The van der Waals surface area contributed by atoms with Crippen molar-refractivity contribution in [1.82, 2.24) is 0 Å². The fraction of sp³-hybridized carbons (Fsp3) is 0.400. The third-order valence-electron chi connectivity index (χ3n) is 2.25. The van der Waals surface area contributed by atoms with Crippen molar-refractivity contribution in [3.8, 4) is 0 Å². The van der Waals surface area contributed by atoms with Gasteiger partial charge in [0.15, 0.2) is 0 Å². The van der Waals surface area contributed by atoms with Crippen molar-refractivity contribution in [3.63, 3.8) is 0 Å². The molecular weight excluding hydrogens is 239 g/mol. The predicted octanol–water partition coefficient (Wildman–Crippen LogP) is 0.674. The second kappa shape index (κ2) is 4.91. The fourth-order valence-corrected chi connectivity index (χ4v) is 1.39. The molecule has 96 valence electrons. The Bertz CT molecular complexity index is 395. The molecule has 0 aliphatic carbocycles. The molecule has 0 radical (unpaired) electrons. The van der Waals surface area contributed by atoms with Crippen molar-refractivity contribution >= 4 is 5.69 Å². The zero-order valence-electron chi connectivity index (χ0n) is 8.65. The van der Waals surface area contributed by atoms with Crippen LogP contribution in [0.2, 0.25) is 0 Å². The summed E-state index contributed by atoms with van der Waals surface area (Å²) >= 11 is 0. The van der Waals surface area contributed by atoms with E-state index in [1.165, 1.54) is 0 Å². The highest BCUT2D eigenvalue weighted by atomic mass is 19.4. The van der Waals surface area contributed by atoms with Gasteiger partial charge in [-0.2, -0.15) is 13.2 Å². The van der Waals surface area contributed by atoms with Crippen LogP contribution in [-0.4, -0.2) is 28.0 Å². The highest BCUT2D eigenvalue weighted by Gasteiger charge is 2.36. The molecule has 0 amide bonds. The Morgan fingerprint density at radius 3 is 2.29 bits per heavy atom. The number of anilines is 1. The second-order valence-corrected chi connectivity index (χ2v) is 3.54. The summed E-state index contributed by atoms with van der Waals surface area (Å²) in [5.41, 5.74) is 3.71. The molecule has 0 fully saturated rings. The van der Waals surface area contributed by atoms with E-state index in [4.69, 9.17) is 15.9 Å². The monoisotopic (exact) mass is 251 g/mol. The van der Waals surface area contributed by atoms with E-state index in [1.807, 2.05) is 0 Å². The van der Waals surface area contributed by atoms with Gasteiger partial charge >= 0.3 is 6.18 Å². The van der Waals surface area contributed by atoms with Crippen molar-refractivity contribution in [3.05, 3.63) is 29.3 Å². The molecule has 1 rings (SSSR count). The molecule has 17 heavy (non-hydrogen) atoms. The lowest BCUT2D eigenvalue weighted by Crippen LogP contribution is -2.25. The SMILES string of the molecule is Nc1ccc(C(F)(F)F)c(C(O)C(O)CO)c1. The number of rotatable bonds is 3. The first-order valence-electron chi connectivity index (χ1n) is 4.71. The van der Waals surface area contributed by atoms with E-state index in [0.29, 0.717) is 0 Å². The number of aliphatic hydroxyl groups excluding tert-OH is 3. The first-order chi connectivity index (χ1) is 7.77. The molecule has 7 heteroatoms. The maximum Gasteiger partial charge on any atom is 0.416 e. The highest BCUT2D eigenvalue weighted by molar-refractivity contribution is 5.46. The molecule has 0 aromatic heterocycles. The fourth-order valence-electron chi connectivity index (χ4n) is 1.39. The summed E-state index contributed by atoms with van der Waals surface area (Å²) in [6.07, 6.45) is -8.21. The molecule has 0 saturated carbocycles. The van der Waals surface area contributed by atoms with E-state index >= 15 is 0 Å². The number of nitrogens with two attached hydrogens (primary N) is 1. The number of benzene rings is 1. The van der Waals surface area contributed by atoms with Gasteiger partial charge in [-0.05, 0) is 23.8 Å². The summed E-state index contributed by atoms with van der Waals surface area (Å²) in [4.78, 5) is 0. The summed E-state index contributed by atoms with van der Waals surface area (Å²) in [5, 5.41) is 27.3. The van der Waals surface area contributed by atoms with Crippen LogP contribution in [0, 0.1) is 0 Å². The van der Waals surface area contributed by atoms with E-state index < -0.39 is 36.1 Å². The van der Waals surface area contributed by atoms with Crippen LogP contribution in [-0.2, 0) is 6.18 Å². The average molecular weight is 251 g/mol. The molecule has 5 N–H and O–H groups in total. The minimum Gasteiger partial charge on any atom is -0.399 e. The summed E-state index contributed by atoms with van der Waals surface area (Å²) in [5.74, 6) is 0. The Labute approximate surface area is 95.1 Å². The van der Waals surface area contributed by atoms with E-state index in [2.05, 4.69) is 0 Å². The van der Waals surface area contributed by atoms with Crippen LogP contribution in [0.4, 0.5) is 18.9 Å². The molecule has 0 heterocycles. The van der Waals surface area contributed by atoms with Gasteiger partial charge in [0.25, 0.3) is 0 Å². The summed E-state index contributed by atoms with van der Waals surface area (Å²) in [7, 11) is 0. The largest absolute Gasteiger partial charge is 0.416 e. The van der Waals surface area contributed by atoms with Crippen LogP contribution in [0.25, 0.3) is 0 Å². The number of aliphatic hydroxyl groups is 3. The highest BCUT2D eigenvalue weighted by Crippen LogP contribution is 2.36.